The fraction of sp³-hybridized carbons (Fsp3) is 0.111. The van der Waals surface area contributed by atoms with Crippen LogP contribution in [-0.4, -0.2) is 30.6 Å². The number of aryl methyl sites for hydroxylation is 1. The Labute approximate surface area is 111 Å². The van der Waals surface area contributed by atoms with E-state index in [1.165, 1.54) is 11.0 Å². The van der Waals surface area contributed by atoms with Gasteiger partial charge in [-0.05, 0) is 6.07 Å². The number of amides is 1. The number of carbonyl (C=O) groups excluding carboxylic acids is 1. The maximum absolute atomic E-state index is 12.0. The molecule has 10 heteroatoms. The van der Waals surface area contributed by atoms with Gasteiger partial charge in [0.1, 0.15) is 23.2 Å². The van der Waals surface area contributed by atoms with Gasteiger partial charge in [-0.15, -0.1) is 0 Å². The van der Waals surface area contributed by atoms with Crippen molar-refractivity contribution in [3.63, 3.8) is 0 Å². The third-order valence-corrected chi connectivity index (χ3v) is 2.43. The molecule has 1 N–H and O–H groups in total. The van der Waals surface area contributed by atoms with Crippen molar-refractivity contribution < 1.29 is 9.72 Å². The van der Waals surface area contributed by atoms with Crippen molar-refractivity contribution in [1.29, 1.82) is 0 Å². The number of hydrogen-bond donors (Lipinski definition) is 1. The standard InChI is InChI=1S/C9H7ClN6O3/c1-15-9(12-4-13-15)14-8(17)5-2-7(10)11-3-6(5)16(18)19/h2-4H,1H3,(H,12,13,14,17). The first-order chi connectivity index (χ1) is 8.99. The normalized spacial score (nSPS) is 10.2. The molecule has 0 aliphatic heterocycles. The summed E-state index contributed by atoms with van der Waals surface area (Å²) in [6.07, 6.45) is 2.16. The summed E-state index contributed by atoms with van der Waals surface area (Å²) in [7, 11) is 1.57. The van der Waals surface area contributed by atoms with Gasteiger partial charge < -0.3 is 0 Å². The average Bonchev–Trinajstić information content (AvgIpc) is 2.74. The topological polar surface area (TPSA) is 116 Å². The summed E-state index contributed by atoms with van der Waals surface area (Å²) in [5, 5.41) is 16.9. The molecule has 0 aliphatic carbocycles. The van der Waals surface area contributed by atoms with E-state index in [4.69, 9.17) is 11.6 Å². The molecule has 2 aromatic rings. The molecule has 2 heterocycles. The summed E-state index contributed by atoms with van der Waals surface area (Å²) in [5.41, 5.74) is -0.642. The maximum atomic E-state index is 12.0. The predicted molar refractivity (Wildman–Crippen MR) is 64.9 cm³/mol. The number of carbonyl (C=O) groups is 1. The van der Waals surface area contributed by atoms with Crippen LogP contribution < -0.4 is 5.32 Å². The second-order valence-corrected chi connectivity index (χ2v) is 3.83. The van der Waals surface area contributed by atoms with Crippen LogP contribution in [0, 0.1) is 10.1 Å². The lowest BCUT2D eigenvalue weighted by Gasteiger charge is -2.04. The first kappa shape index (κ1) is 12.9. The van der Waals surface area contributed by atoms with Gasteiger partial charge in [0.15, 0.2) is 0 Å². The van der Waals surface area contributed by atoms with E-state index in [0.717, 1.165) is 12.3 Å². The Morgan fingerprint density at radius 3 is 2.84 bits per heavy atom. The van der Waals surface area contributed by atoms with Crippen LogP contribution in [0.15, 0.2) is 18.6 Å². The molecular formula is C9H7ClN6O3. The van der Waals surface area contributed by atoms with Gasteiger partial charge in [0, 0.05) is 7.05 Å². The number of pyridine rings is 1. The van der Waals surface area contributed by atoms with E-state index in [1.807, 2.05) is 0 Å². The highest BCUT2D eigenvalue weighted by Crippen LogP contribution is 2.21. The van der Waals surface area contributed by atoms with Gasteiger partial charge in [0.2, 0.25) is 5.95 Å². The smallest absolute Gasteiger partial charge is 0.290 e. The van der Waals surface area contributed by atoms with Gasteiger partial charge in [0.05, 0.1) is 4.92 Å². The maximum Gasteiger partial charge on any atom is 0.300 e. The van der Waals surface area contributed by atoms with Crippen molar-refractivity contribution in [1.82, 2.24) is 19.7 Å². The third kappa shape index (κ3) is 2.65. The van der Waals surface area contributed by atoms with Crippen LogP contribution in [0.2, 0.25) is 5.15 Å². The highest BCUT2D eigenvalue weighted by atomic mass is 35.5. The molecule has 0 aromatic carbocycles. The molecular weight excluding hydrogens is 276 g/mol. The lowest BCUT2D eigenvalue weighted by Crippen LogP contribution is -2.17. The quantitative estimate of drug-likeness (QED) is 0.510. The molecule has 0 bridgehead atoms. The molecule has 0 aliphatic rings. The average molecular weight is 283 g/mol. The Bertz CT molecular complexity index is 655. The van der Waals surface area contributed by atoms with Gasteiger partial charge in [-0.3, -0.25) is 20.2 Å². The van der Waals surface area contributed by atoms with Crippen LogP contribution in [0.5, 0.6) is 0 Å². The van der Waals surface area contributed by atoms with Crippen molar-refractivity contribution in [2.75, 3.05) is 5.32 Å². The van der Waals surface area contributed by atoms with Crippen molar-refractivity contribution in [3.05, 3.63) is 39.4 Å². The largest absolute Gasteiger partial charge is 0.300 e. The summed E-state index contributed by atoms with van der Waals surface area (Å²) < 4.78 is 1.31. The van der Waals surface area contributed by atoms with E-state index in [9.17, 15) is 14.9 Å². The minimum absolute atomic E-state index is 0.0197. The number of nitro groups is 1. The van der Waals surface area contributed by atoms with Gasteiger partial charge >= 0.3 is 0 Å². The molecule has 0 fully saturated rings. The Morgan fingerprint density at radius 2 is 2.26 bits per heavy atom. The first-order valence-electron chi connectivity index (χ1n) is 4.94. The first-order valence-corrected chi connectivity index (χ1v) is 5.32. The van der Waals surface area contributed by atoms with Crippen LogP contribution in [0.25, 0.3) is 0 Å². The van der Waals surface area contributed by atoms with Gasteiger partial charge in [-0.2, -0.15) is 10.1 Å². The Morgan fingerprint density at radius 1 is 1.53 bits per heavy atom. The molecule has 19 heavy (non-hydrogen) atoms. The molecule has 0 saturated heterocycles. The molecule has 2 rings (SSSR count). The van der Waals surface area contributed by atoms with E-state index >= 15 is 0 Å². The number of halogens is 1. The summed E-state index contributed by atoms with van der Waals surface area (Å²) in [5.74, 6) is -0.556. The Hall–Kier alpha value is -2.55. The molecule has 0 atom stereocenters. The van der Waals surface area contributed by atoms with E-state index in [0.29, 0.717) is 0 Å². The van der Waals surface area contributed by atoms with Gasteiger partial charge in [-0.1, -0.05) is 11.6 Å². The van der Waals surface area contributed by atoms with Crippen molar-refractivity contribution >= 4 is 29.1 Å². The molecule has 0 saturated carbocycles. The molecule has 0 spiro atoms. The SMILES string of the molecule is Cn1ncnc1NC(=O)c1cc(Cl)ncc1[N+](=O)[O-]. The van der Waals surface area contributed by atoms with E-state index in [-0.39, 0.29) is 16.7 Å². The van der Waals surface area contributed by atoms with Crippen molar-refractivity contribution in [2.45, 2.75) is 0 Å². The summed E-state index contributed by atoms with van der Waals surface area (Å²) >= 11 is 5.63. The Kier molecular flexibility index (Phi) is 3.38. The van der Waals surface area contributed by atoms with Gasteiger partial charge in [-0.25, -0.2) is 9.67 Å². The zero-order chi connectivity index (χ0) is 14.0. The van der Waals surface area contributed by atoms with Crippen LogP contribution in [0.1, 0.15) is 10.4 Å². The predicted octanol–water partition coefficient (Wildman–Crippen LogP) is 1.02. The number of rotatable bonds is 3. The third-order valence-electron chi connectivity index (χ3n) is 2.23. The highest BCUT2D eigenvalue weighted by Gasteiger charge is 2.22. The molecule has 2 aromatic heterocycles. The van der Waals surface area contributed by atoms with E-state index < -0.39 is 16.5 Å². The fourth-order valence-corrected chi connectivity index (χ4v) is 1.49. The van der Waals surface area contributed by atoms with Crippen molar-refractivity contribution in [3.8, 4) is 0 Å². The summed E-state index contributed by atoms with van der Waals surface area (Å²) in [6.45, 7) is 0. The zero-order valence-corrected chi connectivity index (χ0v) is 10.3. The number of nitrogens with one attached hydrogen (secondary N) is 1. The van der Waals surface area contributed by atoms with Crippen LogP contribution in [-0.2, 0) is 7.05 Å². The number of aromatic nitrogens is 4. The van der Waals surface area contributed by atoms with Crippen LogP contribution in [0.4, 0.5) is 11.6 Å². The fourth-order valence-electron chi connectivity index (χ4n) is 1.33. The number of nitrogens with zero attached hydrogens (tertiary/aromatic N) is 5. The summed E-state index contributed by atoms with van der Waals surface area (Å²) in [6, 6.07) is 1.12. The Balaban J connectivity index is 2.36. The molecule has 98 valence electrons. The second kappa shape index (κ2) is 4.98. The zero-order valence-electron chi connectivity index (χ0n) is 9.57. The van der Waals surface area contributed by atoms with E-state index in [2.05, 4.69) is 20.4 Å². The monoisotopic (exact) mass is 282 g/mol. The van der Waals surface area contributed by atoms with E-state index in [1.54, 1.807) is 7.05 Å². The lowest BCUT2D eigenvalue weighted by atomic mass is 10.2. The number of anilines is 1. The molecule has 9 nitrogen and oxygen atoms in total. The van der Waals surface area contributed by atoms with Gasteiger partial charge in [0.25, 0.3) is 11.6 Å². The highest BCUT2D eigenvalue weighted by molar-refractivity contribution is 6.30. The molecule has 0 unspecified atom stereocenters. The minimum Gasteiger partial charge on any atom is -0.290 e. The molecule has 0 radical (unpaired) electrons. The minimum atomic E-state index is -0.716. The van der Waals surface area contributed by atoms with Crippen LogP contribution in [0.3, 0.4) is 0 Å². The lowest BCUT2D eigenvalue weighted by molar-refractivity contribution is -0.385. The van der Waals surface area contributed by atoms with Crippen molar-refractivity contribution in [2.24, 2.45) is 7.05 Å². The molecule has 1 amide bonds. The summed E-state index contributed by atoms with van der Waals surface area (Å²) in [4.78, 5) is 29.4. The second-order valence-electron chi connectivity index (χ2n) is 3.44. The van der Waals surface area contributed by atoms with Crippen LogP contribution >= 0.6 is 11.6 Å². The number of hydrogen-bond acceptors (Lipinski definition) is 6.